The Hall–Kier alpha value is -1.94. The first-order valence-corrected chi connectivity index (χ1v) is 6.19. The molecule has 1 amide bonds. The number of carbonyl (C=O) groups is 1. The third kappa shape index (κ3) is 2.29. The molecule has 1 aliphatic rings. The van der Waals surface area contributed by atoms with Gasteiger partial charge in [-0.05, 0) is 6.42 Å². The van der Waals surface area contributed by atoms with Crippen molar-refractivity contribution in [1.29, 1.82) is 0 Å². The first-order chi connectivity index (χ1) is 9.88. The number of carbonyl (C=O) groups excluding carboxylic acids is 1. The molecule has 0 bridgehead atoms. The van der Waals surface area contributed by atoms with Crippen molar-refractivity contribution in [3.8, 4) is 5.88 Å². The Labute approximate surface area is 119 Å². The van der Waals surface area contributed by atoms with Crippen molar-refractivity contribution < 1.29 is 30.0 Å². The largest absolute Gasteiger partial charge is 0.492 e. The summed E-state index contributed by atoms with van der Waals surface area (Å²) in [4.78, 5) is 14.9. The highest BCUT2D eigenvalue weighted by Crippen LogP contribution is 2.40. The Kier molecular flexibility index (Phi) is 4.01. The van der Waals surface area contributed by atoms with Crippen molar-refractivity contribution in [3.63, 3.8) is 0 Å². The third-order valence-corrected chi connectivity index (χ3v) is 3.55. The summed E-state index contributed by atoms with van der Waals surface area (Å²) in [5.41, 5.74) is 3.32. The highest BCUT2D eigenvalue weighted by molar-refractivity contribution is 5.93. The number of imidazole rings is 1. The van der Waals surface area contributed by atoms with Gasteiger partial charge >= 0.3 is 0 Å². The van der Waals surface area contributed by atoms with Gasteiger partial charge in [0.2, 0.25) is 5.88 Å². The lowest BCUT2D eigenvalue weighted by Gasteiger charge is -2.28. The minimum atomic E-state index is -1.46. The summed E-state index contributed by atoms with van der Waals surface area (Å²) in [5.74, 6) is -1.58. The highest BCUT2D eigenvalue weighted by atomic mass is 16.6. The van der Waals surface area contributed by atoms with Crippen LogP contribution in [0, 0.1) is 0 Å². The van der Waals surface area contributed by atoms with Crippen LogP contribution >= 0.6 is 0 Å². The van der Waals surface area contributed by atoms with Crippen LogP contribution in [0.15, 0.2) is 19.0 Å². The van der Waals surface area contributed by atoms with Crippen LogP contribution in [0.5, 0.6) is 5.88 Å². The molecule has 9 heteroatoms. The number of nitrogens with zero attached hydrogens (tertiary/aromatic N) is 2. The van der Waals surface area contributed by atoms with Crippen LogP contribution in [-0.4, -0.2) is 60.3 Å². The van der Waals surface area contributed by atoms with E-state index < -0.39 is 42.4 Å². The first kappa shape index (κ1) is 15.4. The van der Waals surface area contributed by atoms with E-state index in [1.165, 1.54) is 6.08 Å². The number of rotatable bonds is 5. The quantitative estimate of drug-likeness (QED) is 0.404. The van der Waals surface area contributed by atoms with Crippen molar-refractivity contribution in [1.82, 2.24) is 9.55 Å². The van der Waals surface area contributed by atoms with Crippen LogP contribution in [-0.2, 0) is 4.74 Å². The Bertz CT molecular complexity index is 559. The molecule has 1 aromatic rings. The second kappa shape index (κ2) is 5.45. The van der Waals surface area contributed by atoms with Gasteiger partial charge < -0.3 is 30.9 Å². The van der Waals surface area contributed by atoms with Gasteiger partial charge in [0.15, 0.2) is 11.9 Å². The lowest BCUT2D eigenvalue weighted by atomic mass is 9.92. The molecule has 1 aromatic heterocycles. The summed E-state index contributed by atoms with van der Waals surface area (Å²) >= 11 is 0. The summed E-state index contributed by atoms with van der Waals surface area (Å²) < 4.78 is 6.56. The zero-order valence-corrected chi connectivity index (χ0v) is 11.1. The summed E-state index contributed by atoms with van der Waals surface area (Å²) in [7, 11) is 0. The van der Waals surface area contributed by atoms with E-state index in [9.17, 15) is 25.2 Å². The smallest absolute Gasteiger partial charge is 0.271 e. The predicted molar refractivity (Wildman–Crippen MR) is 69.2 cm³/mol. The van der Waals surface area contributed by atoms with Crippen molar-refractivity contribution in [2.45, 2.75) is 30.5 Å². The van der Waals surface area contributed by atoms with Gasteiger partial charge in [0.05, 0.1) is 6.61 Å². The first-order valence-electron chi connectivity index (χ1n) is 6.19. The number of amides is 1. The van der Waals surface area contributed by atoms with Crippen molar-refractivity contribution in [3.05, 3.63) is 24.7 Å². The van der Waals surface area contributed by atoms with Gasteiger partial charge in [-0.15, -0.1) is 6.58 Å². The Balaban J connectivity index is 2.42. The molecule has 2 unspecified atom stereocenters. The summed E-state index contributed by atoms with van der Waals surface area (Å²) in [6.45, 7) is 2.94. The van der Waals surface area contributed by atoms with Gasteiger partial charge in [0.1, 0.15) is 24.1 Å². The molecule has 9 nitrogen and oxygen atoms in total. The summed E-state index contributed by atoms with van der Waals surface area (Å²) in [6, 6.07) is 0. The lowest BCUT2D eigenvalue weighted by Crippen LogP contribution is -2.45. The number of aliphatic hydroxyl groups excluding tert-OH is 3. The second-order valence-corrected chi connectivity index (χ2v) is 4.85. The molecule has 1 fully saturated rings. The van der Waals surface area contributed by atoms with E-state index >= 15 is 0 Å². The summed E-state index contributed by atoms with van der Waals surface area (Å²) in [5, 5.41) is 39.2. The average Bonchev–Trinajstić information content (AvgIpc) is 2.93. The standard InChI is InChI=1S/C12H17N3O6/c1-2-3-12(4-16)8(18)7(17)11(21-12)15-5-14-10(20)6(15)9(13)19/h2,5,7-8,11,16-18,20H,1,3-4H2,(H2,13,19)/t7?,8?,11-,12-/m1/s1. The molecule has 1 saturated heterocycles. The average molecular weight is 299 g/mol. The van der Waals surface area contributed by atoms with Crippen LogP contribution in [0.4, 0.5) is 0 Å². The molecule has 21 heavy (non-hydrogen) atoms. The van der Waals surface area contributed by atoms with Gasteiger partial charge in [-0.3, -0.25) is 9.36 Å². The number of aliphatic hydroxyl groups is 3. The Morgan fingerprint density at radius 3 is 2.81 bits per heavy atom. The van der Waals surface area contributed by atoms with Crippen LogP contribution in [0.25, 0.3) is 0 Å². The molecule has 0 aromatic carbocycles. The molecular weight excluding hydrogens is 282 g/mol. The number of hydrogen-bond donors (Lipinski definition) is 5. The maximum Gasteiger partial charge on any atom is 0.271 e. The number of ether oxygens (including phenoxy) is 1. The van der Waals surface area contributed by atoms with Crippen LogP contribution in [0.1, 0.15) is 23.1 Å². The zero-order chi connectivity index (χ0) is 15.8. The molecule has 0 aliphatic carbocycles. The monoisotopic (exact) mass is 299 g/mol. The van der Waals surface area contributed by atoms with E-state index in [1.54, 1.807) is 0 Å². The van der Waals surface area contributed by atoms with Crippen LogP contribution < -0.4 is 5.73 Å². The Morgan fingerprint density at radius 1 is 1.62 bits per heavy atom. The molecule has 0 radical (unpaired) electrons. The lowest BCUT2D eigenvalue weighted by molar-refractivity contribution is -0.126. The van der Waals surface area contributed by atoms with E-state index in [2.05, 4.69) is 11.6 Å². The third-order valence-electron chi connectivity index (χ3n) is 3.55. The number of primary amides is 1. The number of aromatic nitrogens is 2. The number of hydrogen-bond acceptors (Lipinski definition) is 7. The molecule has 0 saturated carbocycles. The van der Waals surface area contributed by atoms with Gasteiger partial charge in [0, 0.05) is 0 Å². The normalized spacial score (nSPS) is 32.2. The fourth-order valence-corrected chi connectivity index (χ4v) is 2.46. The Morgan fingerprint density at radius 2 is 2.29 bits per heavy atom. The molecular formula is C12H17N3O6. The van der Waals surface area contributed by atoms with Crippen molar-refractivity contribution in [2.75, 3.05) is 6.61 Å². The van der Waals surface area contributed by atoms with Crippen LogP contribution in [0.3, 0.4) is 0 Å². The van der Waals surface area contributed by atoms with Crippen molar-refractivity contribution in [2.24, 2.45) is 5.73 Å². The highest BCUT2D eigenvalue weighted by Gasteiger charge is 2.54. The molecule has 2 heterocycles. The van der Waals surface area contributed by atoms with Crippen LogP contribution in [0.2, 0.25) is 0 Å². The fourth-order valence-electron chi connectivity index (χ4n) is 2.46. The molecule has 2 rings (SSSR count). The predicted octanol–water partition coefficient (Wildman–Crippen LogP) is -1.75. The second-order valence-electron chi connectivity index (χ2n) is 4.85. The van der Waals surface area contributed by atoms with Gasteiger partial charge in [-0.2, -0.15) is 0 Å². The number of aromatic hydroxyl groups is 1. The molecule has 4 atom stereocenters. The fraction of sp³-hybridized carbons (Fsp3) is 0.500. The van der Waals surface area contributed by atoms with Gasteiger partial charge in [-0.25, -0.2) is 4.98 Å². The zero-order valence-electron chi connectivity index (χ0n) is 11.1. The van der Waals surface area contributed by atoms with E-state index in [-0.39, 0.29) is 12.1 Å². The number of nitrogens with two attached hydrogens (primary N) is 1. The van der Waals surface area contributed by atoms with Gasteiger partial charge in [-0.1, -0.05) is 6.08 Å². The molecule has 0 spiro atoms. The maximum absolute atomic E-state index is 11.3. The van der Waals surface area contributed by atoms with Crippen molar-refractivity contribution >= 4 is 5.91 Å². The van der Waals surface area contributed by atoms with Gasteiger partial charge in [0.25, 0.3) is 5.91 Å². The molecule has 6 N–H and O–H groups in total. The van der Waals surface area contributed by atoms with E-state index in [0.717, 1.165) is 10.9 Å². The molecule has 1 aliphatic heterocycles. The SMILES string of the molecule is C=CC[C@]1(CO)O[C@@H](n2cnc(O)c2C(N)=O)C(O)C1O. The minimum absolute atomic E-state index is 0.0742. The van der Waals surface area contributed by atoms with E-state index in [0.29, 0.717) is 0 Å². The minimum Gasteiger partial charge on any atom is -0.492 e. The topological polar surface area (TPSA) is 151 Å². The summed E-state index contributed by atoms with van der Waals surface area (Å²) in [6.07, 6.45) is -1.56. The van der Waals surface area contributed by atoms with E-state index in [1.807, 2.05) is 0 Å². The molecule has 116 valence electrons. The maximum atomic E-state index is 11.3. The van der Waals surface area contributed by atoms with E-state index in [4.69, 9.17) is 10.5 Å².